The molecule has 5 nitrogen and oxygen atoms in total. The average molecular weight is 242 g/mol. The lowest BCUT2D eigenvalue weighted by molar-refractivity contribution is -0.0939. The van der Waals surface area contributed by atoms with Crippen molar-refractivity contribution in [2.75, 3.05) is 20.3 Å². The van der Waals surface area contributed by atoms with E-state index in [2.05, 4.69) is 28.8 Å². The summed E-state index contributed by atoms with van der Waals surface area (Å²) in [5.74, 6) is 0. The number of piperidine rings is 1. The van der Waals surface area contributed by atoms with Crippen LogP contribution in [0.2, 0.25) is 0 Å². The highest BCUT2D eigenvalue weighted by molar-refractivity contribution is 5.67. The van der Waals surface area contributed by atoms with E-state index in [0.29, 0.717) is 18.1 Å². The lowest BCUT2D eigenvalue weighted by Crippen LogP contribution is -2.62. The maximum Gasteiger partial charge on any atom is 0.407 e. The van der Waals surface area contributed by atoms with Gasteiger partial charge in [0.25, 0.3) is 0 Å². The Balaban J connectivity index is 1.99. The monoisotopic (exact) mass is 242 g/mol. The second-order valence-corrected chi connectivity index (χ2v) is 5.19. The number of nitrogens with zero attached hydrogens (tertiary/aromatic N) is 1. The van der Waals surface area contributed by atoms with Gasteiger partial charge in [0.2, 0.25) is 0 Å². The predicted octanol–water partition coefficient (Wildman–Crippen LogP) is 0.983. The van der Waals surface area contributed by atoms with Crippen molar-refractivity contribution in [1.82, 2.24) is 10.2 Å². The van der Waals surface area contributed by atoms with Gasteiger partial charge in [0.15, 0.2) is 0 Å². The molecule has 2 fully saturated rings. The summed E-state index contributed by atoms with van der Waals surface area (Å²) in [5, 5.41) is 2.91. The number of morpholine rings is 1. The number of carbonyl (C=O) groups is 1. The highest BCUT2D eigenvalue weighted by Crippen LogP contribution is 2.29. The Morgan fingerprint density at radius 2 is 1.94 bits per heavy atom. The normalized spacial score (nSPS) is 33.5. The molecule has 1 N–H and O–H groups in total. The van der Waals surface area contributed by atoms with Crippen LogP contribution in [-0.2, 0) is 9.47 Å². The number of nitrogens with one attached hydrogen (secondary N) is 1. The second-order valence-electron chi connectivity index (χ2n) is 5.19. The van der Waals surface area contributed by atoms with E-state index in [9.17, 15) is 4.79 Å². The molecule has 0 aliphatic carbocycles. The second kappa shape index (κ2) is 5.23. The summed E-state index contributed by atoms with van der Waals surface area (Å²) in [6, 6.07) is 1.60. The number of amides is 1. The highest BCUT2D eigenvalue weighted by atomic mass is 16.5. The predicted molar refractivity (Wildman–Crippen MR) is 63.9 cm³/mol. The van der Waals surface area contributed by atoms with Crippen molar-refractivity contribution < 1.29 is 14.3 Å². The van der Waals surface area contributed by atoms with Gasteiger partial charge in [-0.25, -0.2) is 4.79 Å². The Bertz CT molecular complexity index is 269. The van der Waals surface area contributed by atoms with Crippen LogP contribution in [-0.4, -0.2) is 55.5 Å². The molecule has 5 heteroatoms. The van der Waals surface area contributed by atoms with Crippen molar-refractivity contribution in [3.63, 3.8) is 0 Å². The Morgan fingerprint density at radius 1 is 1.35 bits per heavy atom. The van der Waals surface area contributed by atoms with E-state index in [1.54, 1.807) is 0 Å². The maximum absolute atomic E-state index is 11.2. The van der Waals surface area contributed by atoms with Crippen LogP contribution in [0.1, 0.15) is 26.7 Å². The van der Waals surface area contributed by atoms with Crippen LogP contribution < -0.4 is 5.32 Å². The minimum Gasteiger partial charge on any atom is -0.453 e. The molecule has 2 saturated heterocycles. The summed E-state index contributed by atoms with van der Waals surface area (Å²) >= 11 is 0. The van der Waals surface area contributed by atoms with E-state index in [1.807, 2.05) is 0 Å². The molecule has 2 heterocycles. The fourth-order valence-corrected chi connectivity index (χ4v) is 3.13. The van der Waals surface area contributed by atoms with Crippen LogP contribution in [0.25, 0.3) is 0 Å². The zero-order chi connectivity index (χ0) is 12.4. The molecule has 0 aromatic rings. The number of rotatable bonds is 2. The van der Waals surface area contributed by atoms with Crippen LogP contribution in [0, 0.1) is 0 Å². The molecule has 2 aliphatic heterocycles. The number of carbonyl (C=O) groups excluding carboxylic acids is 1. The van der Waals surface area contributed by atoms with E-state index in [1.165, 1.54) is 7.11 Å². The lowest BCUT2D eigenvalue weighted by atomic mass is 9.89. The van der Waals surface area contributed by atoms with E-state index in [4.69, 9.17) is 4.74 Å². The molecule has 17 heavy (non-hydrogen) atoms. The van der Waals surface area contributed by atoms with Crippen LogP contribution in [0.5, 0.6) is 0 Å². The smallest absolute Gasteiger partial charge is 0.407 e. The summed E-state index contributed by atoms with van der Waals surface area (Å²) in [6.07, 6.45) is 1.57. The van der Waals surface area contributed by atoms with Gasteiger partial charge in [-0.1, -0.05) is 0 Å². The van der Waals surface area contributed by atoms with Gasteiger partial charge in [-0.05, 0) is 26.7 Å². The van der Waals surface area contributed by atoms with Crippen molar-refractivity contribution >= 4 is 6.09 Å². The molecule has 2 bridgehead atoms. The topological polar surface area (TPSA) is 50.8 Å². The van der Waals surface area contributed by atoms with E-state index >= 15 is 0 Å². The first-order valence-corrected chi connectivity index (χ1v) is 6.31. The molecule has 0 saturated carbocycles. The van der Waals surface area contributed by atoms with Gasteiger partial charge in [0.1, 0.15) is 0 Å². The van der Waals surface area contributed by atoms with Gasteiger partial charge in [-0.2, -0.15) is 0 Å². The lowest BCUT2D eigenvalue weighted by Gasteiger charge is -2.50. The highest BCUT2D eigenvalue weighted by Gasteiger charge is 2.40. The van der Waals surface area contributed by atoms with Gasteiger partial charge < -0.3 is 14.8 Å². The van der Waals surface area contributed by atoms with E-state index in [-0.39, 0.29) is 12.1 Å². The molecule has 2 rings (SSSR count). The molecular formula is C12H22N2O3. The number of methoxy groups -OCH3 is 1. The van der Waals surface area contributed by atoms with Crippen molar-refractivity contribution in [1.29, 1.82) is 0 Å². The van der Waals surface area contributed by atoms with Crippen LogP contribution >= 0.6 is 0 Å². The molecule has 98 valence electrons. The summed E-state index contributed by atoms with van der Waals surface area (Å²) in [6.45, 7) is 5.99. The van der Waals surface area contributed by atoms with Gasteiger partial charge in [-0.3, -0.25) is 4.90 Å². The van der Waals surface area contributed by atoms with Crippen molar-refractivity contribution in [3.05, 3.63) is 0 Å². The standard InChI is InChI=1S/C12H22N2O3/c1-8(2)14-10-4-9(13-12(15)16-3)5-11(14)7-17-6-10/h8-11H,4-7H2,1-3H3,(H,13,15)/t9?,10-,11?/m0/s1. The number of fused-ring (bicyclic) bond motifs is 2. The Kier molecular flexibility index (Phi) is 3.89. The molecule has 0 spiro atoms. The fraction of sp³-hybridized carbons (Fsp3) is 0.917. The third kappa shape index (κ3) is 2.72. The Hall–Kier alpha value is -0.810. The SMILES string of the molecule is COC(=O)NC1CC2COC[C@H](C1)N2C(C)C. The summed E-state index contributed by atoms with van der Waals surface area (Å²) < 4.78 is 10.3. The van der Waals surface area contributed by atoms with E-state index in [0.717, 1.165) is 26.1 Å². The number of ether oxygens (including phenoxy) is 2. The summed E-state index contributed by atoms with van der Waals surface area (Å²) in [7, 11) is 1.41. The minimum absolute atomic E-state index is 0.219. The van der Waals surface area contributed by atoms with Gasteiger partial charge in [0, 0.05) is 24.2 Å². The Labute approximate surface area is 102 Å². The summed E-state index contributed by atoms with van der Waals surface area (Å²) in [4.78, 5) is 13.8. The molecule has 0 aromatic heterocycles. The fourth-order valence-electron chi connectivity index (χ4n) is 3.13. The summed E-state index contributed by atoms with van der Waals surface area (Å²) in [5.41, 5.74) is 0. The number of hydrogen-bond acceptors (Lipinski definition) is 4. The maximum atomic E-state index is 11.2. The largest absolute Gasteiger partial charge is 0.453 e. The zero-order valence-corrected chi connectivity index (χ0v) is 10.8. The molecule has 1 amide bonds. The van der Waals surface area contributed by atoms with Crippen molar-refractivity contribution in [2.45, 2.75) is 50.9 Å². The van der Waals surface area contributed by atoms with E-state index < -0.39 is 0 Å². The molecule has 3 atom stereocenters. The number of hydrogen-bond donors (Lipinski definition) is 1. The minimum atomic E-state index is -0.327. The van der Waals surface area contributed by atoms with Gasteiger partial charge >= 0.3 is 6.09 Å². The molecule has 2 unspecified atom stereocenters. The van der Waals surface area contributed by atoms with Crippen LogP contribution in [0.15, 0.2) is 0 Å². The van der Waals surface area contributed by atoms with Crippen LogP contribution in [0.3, 0.4) is 0 Å². The van der Waals surface area contributed by atoms with Gasteiger partial charge in [-0.15, -0.1) is 0 Å². The van der Waals surface area contributed by atoms with Crippen LogP contribution in [0.4, 0.5) is 4.79 Å². The van der Waals surface area contributed by atoms with Crippen molar-refractivity contribution in [2.24, 2.45) is 0 Å². The van der Waals surface area contributed by atoms with Crippen molar-refractivity contribution in [3.8, 4) is 0 Å². The quantitative estimate of drug-likeness (QED) is 0.784. The Morgan fingerprint density at radius 3 is 2.41 bits per heavy atom. The third-order valence-corrected chi connectivity index (χ3v) is 3.68. The average Bonchev–Trinajstić information content (AvgIpc) is 2.27. The zero-order valence-electron chi connectivity index (χ0n) is 10.8. The first kappa shape index (κ1) is 12.6. The first-order chi connectivity index (χ1) is 8.11. The first-order valence-electron chi connectivity index (χ1n) is 6.31. The molecular weight excluding hydrogens is 220 g/mol. The molecule has 0 radical (unpaired) electrons. The molecule has 2 aliphatic rings. The number of alkyl carbamates (subject to hydrolysis) is 1. The molecule has 0 aromatic carbocycles. The van der Waals surface area contributed by atoms with Gasteiger partial charge in [0.05, 0.1) is 20.3 Å². The third-order valence-electron chi connectivity index (χ3n) is 3.68.